The van der Waals surface area contributed by atoms with Crippen molar-refractivity contribution in [2.24, 2.45) is 0 Å². The zero-order valence-electron chi connectivity index (χ0n) is 19.1. The number of carbonyl (C=O) groups excluding carboxylic acids is 3. The quantitative estimate of drug-likeness (QED) is 0.423. The number of likely N-dealkylation sites (N-methyl/N-ethyl adjacent to an activating group) is 1. The van der Waals surface area contributed by atoms with Gasteiger partial charge >= 0.3 is 0 Å². The number of ketones is 1. The van der Waals surface area contributed by atoms with Crippen LogP contribution in [0.25, 0.3) is 5.69 Å². The Balaban J connectivity index is 1.81. The predicted molar refractivity (Wildman–Crippen MR) is 123 cm³/mol. The van der Waals surface area contributed by atoms with E-state index in [1.165, 1.54) is 9.80 Å². The lowest BCUT2D eigenvalue weighted by atomic mass is 10.1. The smallest absolute Gasteiger partial charge is 0.295 e. The molecule has 0 saturated heterocycles. The van der Waals surface area contributed by atoms with Gasteiger partial charge in [-0.15, -0.1) is 0 Å². The van der Waals surface area contributed by atoms with E-state index in [4.69, 9.17) is 0 Å². The van der Waals surface area contributed by atoms with Gasteiger partial charge in [-0.3, -0.25) is 14.4 Å². The molecule has 0 aliphatic rings. The summed E-state index contributed by atoms with van der Waals surface area (Å²) >= 11 is 0. The van der Waals surface area contributed by atoms with E-state index in [9.17, 15) is 14.4 Å². The van der Waals surface area contributed by atoms with Crippen LogP contribution in [0.1, 0.15) is 44.6 Å². The molecule has 0 atom stereocenters. The van der Waals surface area contributed by atoms with Gasteiger partial charge in [0.2, 0.25) is 0 Å². The molecule has 0 bridgehead atoms. The van der Waals surface area contributed by atoms with Crippen LogP contribution in [0, 0.1) is 13.8 Å². The molecule has 0 unspecified atom stereocenters. The van der Waals surface area contributed by atoms with Crippen molar-refractivity contribution in [3.05, 3.63) is 82.7 Å². The van der Waals surface area contributed by atoms with Crippen molar-refractivity contribution in [3.63, 3.8) is 0 Å². The SMILES string of the molecule is CCN(Cc1ccc(C(=O)N(C)C)cc1)C(=O)C(=O)c1c(C)nn(-c2ccccc2)c1C. The third-order valence-electron chi connectivity index (χ3n) is 5.36. The Bertz CT molecular complexity index is 1130. The molecule has 0 spiro atoms. The van der Waals surface area contributed by atoms with Gasteiger partial charge in [0.1, 0.15) is 0 Å². The predicted octanol–water partition coefficient (Wildman–Crippen LogP) is 3.42. The van der Waals surface area contributed by atoms with E-state index in [-0.39, 0.29) is 12.5 Å². The molecule has 0 saturated carbocycles. The van der Waals surface area contributed by atoms with Crippen LogP contribution in [0.5, 0.6) is 0 Å². The molecule has 3 rings (SSSR count). The summed E-state index contributed by atoms with van der Waals surface area (Å²) in [5.74, 6) is -1.22. The molecule has 0 fully saturated rings. The van der Waals surface area contributed by atoms with E-state index in [0.29, 0.717) is 29.1 Å². The molecule has 1 aromatic heterocycles. The average molecular weight is 433 g/mol. The van der Waals surface area contributed by atoms with Gasteiger partial charge in [-0.2, -0.15) is 5.10 Å². The van der Waals surface area contributed by atoms with Crippen molar-refractivity contribution in [1.82, 2.24) is 19.6 Å². The molecular weight excluding hydrogens is 404 g/mol. The highest BCUT2D eigenvalue weighted by Gasteiger charge is 2.28. The van der Waals surface area contributed by atoms with Crippen LogP contribution in [0.2, 0.25) is 0 Å². The van der Waals surface area contributed by atoms with Gasteiger partial charge in [0.25, 0.3) is 17.6 Å². The van der Waals surface area contributed by atoms with Gasteiger partial charge < -0.3 is 9.80 Å². The molecule has 7 nitrogen and oxygen atoms in total. The van der Waals surface area contributed by atoms with Gasteiger partial charge in [0, 0.05) is 32.7 Å². The molecule has 0 radical (unpaired) electrons. The number of hydrogen-bond acceptors (Lipinski definition) is 4. The topological polar surface area (TPSA) is 75.5 Å². The lowest BCUT2D eigenvalue weighted by molar-refractivity contribution is -0.126. The number of amides is 2. The van der Waals surface area contributed by atoms with E-state index in [1.54, 1.807) is 56.9 Å². The van der Waals surface area contributed by atoms with Gasteiger partial charge in [-0.1, -0.05) is 30.3 Å². The number of para-hydroxylation sites is 1. The van der Waals surface area contributed by atoms with Gasteiger partial charge in [-0.25, -0.2) is 4.68 Å². The molecule has 0 aliphatic carbocycles. The maximum atomic E-state index is 13.1. The molecule has 0 aliphatic heterocycles. The fraction of sp³-hybridized carbons (Fsp3) is 0.280. The molecule has 1 heterocycles. The van der Waals surface area contributed by atoms with Crippen molar-refractivity contribution in [3.8, 4) is 5.69 Å². The van der Waals surface area contributed by atoms with Crippen LogP contribution in [0.3, 0.4) is 0 Å². The average Bonchev–Trinajstić information content (AvgIpc) is 3.10. The number of rotatable bonds is 7. The zero-order chi connectivity index (χ0) is 23.4. The molecule has 32 heavy (non-hydrogen) atoms. The molecule has 3 aromatic rings. The Labute approximate surface area is 188 Å². The summed E-state index contributed by atoms with van der Waals surface area (Å²) in [5, 5.41) is 4.48. The molecule has 2 amide bonds. The van der Waals surface area contributed by atoms with Crippen LogP contribution in [0.4, 0.5) is 0 Å². The largest absolute Gasteiger partial charge is 0.345 e. The second kappa shape index (κ2) is 9.60. The maximum absolute atomic E-state index is 13.1. The van der Waals surface area contributed by atoms with E-state index < -0.39 is 11.7 Å². The molecular formula is C25H28N4O3. The fourth-order valence-electron chi connectivity index (χ4n) is 3.60. The standard InChI is InChI=1S/C25H28N4O3/c1-6-28(16-19-12-14-20(15-13-19)24(31)27(4)5)25(32)23(30)22-17(2)26-29(18(22)3)21-10-8-7-9-11-21/h7-15H,6,16H2,1-5H3. The summed E-state index contributed by atoms with van der Waals surface area (Å²) in [6.45, 7) is 6.03. The summed E-state index contributed by atoms with van der Waals surface area (Å²) in [4.78, 5) is 41.3. The number of Topliss-reactive ketones (excluding diaryl/α,β-unsaturated/α-hetero) is 1. The third kappa shape index (κ3) is 4.61. The van der Waals surface area contributed by atoms with Crippen LogP contribution in [-0.4, -0.2) is 57.8 Å². The molecule has 166 valence electrons. The summed E-state index contributed by atoms with van der Waals surface area (Å²) in [6, 6.07) is 16.6. The first-order chi connectivity index (χ1) is 15.2. The molecule has 7 heteroatoms. The van der Waals surface area contributed by atoms with Crippen LogP contribution < -0.4 is 0 Å². The Kier molecular flexibility index (Phi) is 6.88. The highest BCUT2D eigenvalue weighted by molar-refractivity contribution is 6.43. The highest BCUT2D eigenvalue weighted by Crippen LogP contribution is 2.20. The van der Waals surface area contributed by atoms with E-state index in [0.717, 1.165) is 11.3 Å². The fourth-order valence-corrected chi connectivity index (χ4v) is 3.60. The van der Waals surface area contributed by atoms with Crippen LogP contribution in [0.15, 0.2) is 54.6 Å². The number of carbonyl (C=O) groups is 3. The Morgan fingerprint density at radius 1 is 0.938 bits per heavy atom. The van der Waals surface area contributed by atoms with Gasteiger partial charge in [0.15, 0.2) is 0 Å². The van der Waals surface area contributed by atoms with Crippen molar-refractivity contribution in [2.45, 2.75) is 27.3 Å². The Morgan fingerprint density at radius 3 is 2.12 bits per heavy atom. The number of hydrogen-bond donors (Lipinski definition) is 0. The number of nitrogens with zero attached hydrogens (tertiary/aromatic N) is 4. The minimum atomic E-state index is -0.570. The summed E-state index contributed by atoms with van der Waals surface area (Å²) in [6.07, 6.45) is 0. The maximum Gasteiger partial charge on any atom is 0.295 e. The van der Waals surface area contributed by atoms with E-state index in [2.05, 4.69) is 5.10 Å². The first-order valence-corrected chi connectivity index (χ1v) is 10.5. The van der Waals surface area contributed by atoms with E-state index >= 15 is 0 Å². The number of aromatic nitrogens is 2. The lowest BCUT2D eigenvalue weighted by Crippen LogP contribution is -2.36. The number of benzene rings is 2. The first kappa shape index (κ1) is 22.9. The lowest BCUT2D eigenvalue weighted by Gasteiger charge is -2.20. The first-order valence-electron chi connectivity index (χ1n) is 10.5. The normalized spacial score (nSPS) is 10.7. The monoisotopic (exact) mass is 432 g/mol. The van der Waals surface area contributed by atoms with Crippen molar-refractivity contribution >= 4 is 17.6 Å². The second-order valence-corrected chi connectivity index (χ2v) is 7.84. The van der Waals surface area contributed by atoms with Crippen molar-refractivity contribution in [1.29, 1.82) is 0 Å². The minimum absolute atomic E-state index is 0.0865. The Hall–Kier alpha value is -3.74. The van der Waals surface area contributed by atoms with Crippen molar-refractivity contribution < 1.29 is 14.4 Å². The number of aryl methyl sites for hydroxylation is 1. The second-order valence-electron chi connectivity index (χ2n) is 7.84. The van der Waals surface area contributed by atoms with Gasteiger partial charge in [-0.05, 0) is 50.6 Å². The van der Waals surface area contributed by atoms with Crippen LogP contribution >= 0.6 is 0 Å². The molecule has 0 N–H and O–H groups in total. The summed E-state index contributed by atoms with van der Waals surface area (Å²) < 4.78 is 1.69. The van der Waals surface area contributed by atoms with Crippen molar-refractivity contribution in [2.75, 3.05) is 20.6 Å². The molecule has 2 aromatic carbocycles. The van der Waals surface area contributed by atoms with Crippen LogP contribution in [-0.2, 0) is 11.3 Å². The third-order valence-corrected chi connectivity index (χ3v) is 5.36. The summed E-state index contributed by atoms with van der Waals surface area (Å²) in [7, 11) is 3.40. The van der Waals surface area contributed by atoms with E-state index in [1.807, 2.05) is 37.3 Å². The Morgan fingerprint density at radius 2 is 1.56 bits per heavy atom. The zero-order valence-corrected chi connectivity index (χ0v) is 19.1. The summed E-state index contributed by atoms with van der Waals surface area (Å²) in [5.41, 5.74) is 3.74. The highest BCUT2D eigenvalue weighted by atomic mass is 16.2. The minimum Gasteiger partial charge on any atom is -0.345 e. The van der Waals surface area contributed by atoms with Gasteiger partial charge in [0.05, 0.1) is 22.6 Å².